The summed E-state index contributed by atoms with van der Waals surface area (Å²) in [5.74, 6) is -0.139. The molecule has 5 nitrogen and oxygen atoms in total. The highest BCUT2D eigenvalue weighted by Gasteiger charge is 2.16. The molecule has 3 N–H and O–H groups in total. The van der Waals surface area contributed by atoms with Gasteiger partial charge in [0.1, 0.15) is 0 Å². The predicted octanol–water partition coefficient (Wildman–Crippen LogP) is 1.83. The van der Waals surface area contributed by atoms with Crippen LogP contribution in [0.1, 0.15) is 41.6 Å². The van der Waals surface area contributed by atoms with E-state index in [4.69, 9.17) is 0 Å². The van der Waals surface area contributed by atoms with Crippen molar-refractivity contribution < 1.29 is 9.59 Å². The second-order valence-electron chi connectivity index (χ2n) is 5.44. The van der Waals surface area contributed by atoms with Gasteiger partial charge in [-0.2, -0.15) is 0 Å². The molecule has 1 fully saturated rings. The summed E-state index contributed by atoms with van der Waals surface area (Å²) in [6.45, 7) is 2.90. The van der Waals surface area contributed by atoms with Crippen molar-refractivity contribution in [2.45, 2.75) is 38.6 Å². The van der Waals surface area contributed by atoms with E-state index in [1.54, 1.807) is 19.2 Å². The first-order valence-electron chi connectivity index (χ1n) is 7.46. The van der Waals surface area contributed by atoms with Crippen LogP contribution in [0.5, 0.6) is 0 Å². The molecule has 1 heterocycles. The normalized spacial score (nSPS) is 17.5. The van der Waals surface area contributed by atoms with E-state index in [9.17, 15) is 9.59 Å². The Kier molecular flexibility index (Phi) is 5.33. The van der Waals surface area contributed by atoms with E-state index < -0.39 is 0 Å². The summed E-state index contributed by atoms with van der Waals surface area (Å²) in [6.07, 6.45) is 3.71. The lowest BCUT2D eigenvalue weighted by atomic mass is 10.1. The molecule has 1 unspecified atom stereocenters. The van der Waals surface area contributed by atoms with Crippen molar-refractivity contribution in [1.82, 2.24) is 10.6 Å². The number of hydrogen-bond acceptors (Lipinski definition) is 3. The summed E-state index contributed by atoms with van der Waals surface area (Å²) in [6, 6.07) is 5.83. The van der Waals surface area contributed by atoms with Gasteiger partial charge < -0.3 is 16.0 Å². The summed E-state index contributed by atoms with van der Waals surface area (Å²) in [5, 5.41) is 8.90. The van der Waals surface area contributed by atoms with Gasteiger partial charge in [0, 0.05) is 30.8 Å². The molecule has 0 saturated carbocycles. The molecule has 5 heteroatoms. The van der Waals surface area contributed by atoms with Gasteiger partial charge in [-0.1, -0.05) is 6.07 Å². The molecule has 2 amide bonds. The molecule has 1 saturated heterocycles. The Labute approximate surface area is 125 Å². The summed E-state index contributed by atoms with van der Waals surface area (Å²) < 4.78 is 0. The number of amides is 2. The van der Waals surface area contributed by atoms with Crippen molar-refractivity contribution in [1.29, 1.82) is 0 Å². The fourth-order valence-electron chi connectivity index (χ4n) is 2.67. The van der Waals surface area contributed by atoms with Crippen LogP contribution in [0.15, 0.2) is 18.2 Å². The first kappa shape index (κ1) is 15.5. The van der Waals surface area contributed by atoms with Crippen LogP contribution in [-0.2, 0) is 4.79 Å². The van der Waals surface area contributed by atoms with Crippen LogP contribution in [-0.4, -0.2) is 31.4 Å². The van der Waals surface area contributed by atoms with Gasteiger partial charge in [-0.15, -0.1) is 0 Å². The second kappa shape index (κ2) is 7.22. The van der Waals surface area contributed by atoms with Crippen LogP contribution < -0.4 is 16.0 Å². The fraction of sp³-hybridized carbons (Fsp3) is 0.500. The van der Waals surface area contributed by atoms with Crippen molar-refractivity contribution in [3.05, 3.63) is 29.3 Å². The standard InChI is InChI=1S/C16H23N3O2/c1-11-13(16(21)17-2)6-3-7-14(11)19-15(20)9-8-12-5-4-10-18-12/h3,6-7,12,18H,4-5,8-10H2,1-2H3,(H,17,21)(H,19,20). The Hall–Kier alpha value is -1.88. The third-order valence-electron chi connectivity index (χ3n) is 3.96. The number of anilines is 1. The monoisotopic (exact) mass is 289 g/mol. The first-order valence-corrected chi connectivity index (χ1v) is 7.46. The smallest absolute Gasteiger partial charge is 0.251 e. The van der Waals surface area contributed by atoms with Gasteiger partial charge in [-0.25, -0.2) is 0 Å². The van der Waals surface area contributed by atoms with Crippen LogP contribution in [0.25, 0.3) is 0 Å². The Bertz CT molecular complexity index is 522. The van der Waals surface area contributed by atoms with E-state index in [1.165, 1.54) is 6.42 Å². The Morgan fingerprint density at radius 2 is 2.19 bits per heavy atom. The number of hydrogen-bond donors (Lipinski definition) is 3. The molecule has 1 aliphatic heterocycles. The van der Waals surface area contributed by atoms with Gasteiger partial charge >= 0.3 is 0 Å². The van der Waals surface area contributed by atoms with Crippen molar-refractivity contribution in [2.75, 3.05) is 18.9 Å². The maximum absolute atomic E-state index is 12.0. The number of nitrogens with one attached hydrogen (secondary N) is 3. The summed E-state index contributed by atoms with van der Waals surface area (Å²) >= 11 is 0. The van der Waals surface area contributed by atoms with E-state index in [2.05, 4.69) is 16.0 Å². The molecule has 1 aromatic carbocycles. The van der Waals surface area contributed by atoms with Gasteiger partial charge in [0.2, 0.25) is 5.91 Å². The van der Waals surface area contributed by atoms with Gasteiger partial charge in [0.05, 0.1) is 0 Å². The van der Waals surface area contributed by atoms with Crippen molar-refractivity contribution in [3.8, 4) is 0 Å². The second-order valence-corrected chi connectivity index (χ2v) is 5.44. The molecule has 0 aliphatic carbocycles. The van der Waals surface area contributed by atoms with Gasteiger partial charge in [0.25, 0.3) is 5.91 Å². The summed E-state index contributed by atoms with van der Waals surface area (Å²) in [5.41, 5.74) is 2.09. The van der Waals surface area contributed by atoms with Crippen LogP contribution in [0.2, 0.25) is 0 Å². The Morgan fingerprint density at radius 1 is 1.38 bits per heavy atom. The zero-order valence-corrected chi connectivity index (χ0v) is 12.7. The molecule has 0 aromatic heterocycles. The lowest BCUT2D eigenvalue weighted by Gasteiger charge is -2.13. The van der Waals surface area contributed by atoms with Gasteiger partial charge in [-0.3, -0.25) is 9.59 Å². The van der Waals surface area contributed by atoms with E-state index in [0.717, 1.165) is 24.9 Å². The van der Waals surface area contributed by atoms with E-state index >= 15 is 0 Å². The molecule has 114 valence electrons. The van der Waals surface area contributed by atoms with E-state index in [-0.39, 0.29) is 11.8 Å². The van der Waals surface area contributed by atoms with Crippen LogP contribution in [0.4, 0.5) is 5.69 Å². The Morgan fingerprint density at radius 3 is 2.86 bits per heavy atom. The van der Waals surface area contributed by atoms with E-state index in [1.807, 2.05) is 13.0 Å². The number of carbonyl (C=O) groups is 2. The highest BCUT2D eigenvalue weighted by atomic mass is 16.2. The minimum atomic E-state index is -0.140. The van der Waals surface area contributed by atoms with Gasteiger partial charge in [0.15, 0.2) is 0 Å². The van der Waals surface area contributed by atoms with Crippen LogP contribution >= 0.6 is 0 Å². The van der Waals surface area contributed by atoms with Crippen molar-refractivity contribution in [3.63, 3.8) is 0 Å². The maximum Gasteiger partial charge on any atom is 0.251 e. The molecule has 0 spiro atoms. The lowest BCUT2D eigenvalue weighted by Crippen LogP contribution is -2.24. The summed E-state index contributed by atoms with van der Waals surface area (Å²) in [4.78, 5) is 23.8. The number of carbonyl (C=O) groups excluding carboxylic acids is 2. The lowest BCUT2D eigenvalue weighted by molar-refractivity contribution is -0.116. The zero-order chi connectivity index (χ0) is 15.2. The first-order chi connectivity index (χ1) is 10.1. The minimum absolute atomic E-state index is 0.000793. The SMILES string of the molecule is CNC(=O)c1cccc(NC(=O)CCC2CCCN2)c1C. The fourth-order valence-corrected chi connectivity index (χ4v) is 2.67. The van der Waals surface area contributed by atoms with Crippen molar-refractivity contribution in [2.24, 2.45) is 0 Å². The van der Waals surface area contributed by atoms with Crippen molar-refractivity contribution >= 4 is 17.5 Å². The molecule has 2 rings (SSSR count). The molecule has 1 atom stereocenters. The average molecular weight is 289 g/mol. The molecule has 21 heavy (non-hydrogen) atoms. The van der Waals surface area contributed by atoms with Crippen LogP contribution in [0.3, 0.4) is 0 Å². The molecular formula is C16H23N3O2. The highest BCUT2D eigenvalue weighted by Crippen LogP contribution is 2.19. The van der Waals surface area contributed by atoms with E-state index in [0.29, 0.717) is 23.7 Å². The van der Waals surface area contributed by atoms with Gasteiger partial charge in [-0.05, 0) is 50.4 Å². The number of benzene rings is 1. The Balaban J connectivity index is 1.95. The molecule has 0 radical (unpaired) electrons. The molecule has 0 bridgehead atoms. The predicted molar refractivity (Wildman–Crippen MR) is 83.5 cm³/mol. The molecule has 1 aliphatic rings. The average Bonchev–Trinajstić information content (AvgIpc) is 3.00. The molecular weight excluding hydrogens is 266 g/mol. The highest BCUT2D eigenvalue weighted by molar-refractivity contribution is 5.99. The maximum atomic E-state index is 12.0. The molecule has 1 aromatic rings. The topological polar surface area (TPSA) is 70.2 Å². The zero-order valence-electron chi connectivity index (χ0n) is 12.7. The number of rotatable bonds is 5. The third kappa shape index (κ3) is 4.04. The largest absolute Gasteiger partial charge is 0.355 e. The van der Waals surface area contributed by atoms with Crippen LogP contribution in [0, 0.1) is 6.92 Å². The minimum Gasteiger partial charge on any atom is -0.355 e. The third-order valence-corrected chi connectivity index (χ3v) is 3.96. The quantitative estimate of drug-likeness (QED) is 0.774. The summed E-state index contributed by atoms with van der Waals surface area (Å²) in [7, 11) is 1.60.